The summed E-state index contributed by atoms with van der Waals surface area (Å²) in [6.45, 7) is 2.17. The zero-order valence-electron chi connectivity index (χ0n) is 10.6. The third-order valence-electron chi connectivity index (χ3n) is 2.55. The van der Waals surface area contributed by atoms with E-state index < -0.39 is 0 Å². The van der Waals surface area contributed by atoms with Crippen LogP contribution in [0.25, 0.3) is 0 Å². The monoisotopic (exact) mass is 251 g/mol. The van der Waals surface area contributed by atoms with Crippen LogP contribution >= 0.6 is 0 Å². The third kappa shape index (κ3) is 3.39. The summed E-state index contributed by atoms with van der Waals surface area (Å²) < 4.78 is 0. The number of nitriles is 1. The lowest BCUT2D eigenvalue weighted by atomic mass is 10.1. The van der Waals surface area contributed by atoms with E-state index in [1.165, 1.54) is 0 Å². The molecule has 1 aromatic carbocycles. The van der Waals surface area contributed by atoms with Gasteiger partial charge in [-0.25, -0.2) is 0 Å². The van der Waals surface area contributed by atoms with Gasteiger partial charge in [-0.05, 0) is 24.6 Å². The number of aromatic nitrogens is 1. The van der Waals surface area contributed by atoms with Crippen LogP contribution in [0.3, 0.4) is 0 Å². The smallest absolute Gasteiger partial charge is 0.142 e. The fourth-order valence-corrected chi connectivity index (χ4v) is 1.60. The number of pyridine rings is 1. The van der Waals surface area contributed by atoms with Gasteiger partial charge in [0.05, 0.1) is 5.56 Å². The maximum Gasteiger partial charge on any atom is 0.142 e. The number of nitrogens with zero attached hydrogens (tertiary/aromatic N) is 3. The molecule has 0 unspecified atom stereocenters. The third-order valence-corrected chi connectivity index (χ3v) is 2.55. The van der Waals surface area contributed by atoms with E-state index in [1.807, 2.05) is 30.3 Å². The number of oxime groups is 1. The van der Waals surface area contributed by atoms with Crippen LogP contribution in [0.4, 0.5) is 0 Å². The molecule has 0 saturated heterocycles. The average Bonchev–Trinajstić information content (AvgIpc) is 2.48. The molecule has 1 aromatic heterocycles. The van der Waals surface area contributed by atoms with Crippen molar-refractivity contribution in [2.45, 2.75) is 13.5 Å². The molecule has 2 rings (SSSR count). The van der Waals surface area contributed by atoms with Crippen molar-refractivity contribution in [2.24, 2.45) is 5.16 Å². The van der Waals surface area contributed by atoms with Gasteiger partial charge in [0.2, 0.25) is 0 Å². The van der Waals surface area contributed by atoms with Crippen LogP contribution in [0, 0.1) is 11.3 Å². The molecule has 94 valence electrons. The summed E-state index contributed by atoms with van der Waals surface area (Å²) in [6.07, 6.45) is 1.63. The van der Waals surface area contributed by atoms with E-state index in [2.05, 4.69) is 16.2 Å². The first-order chi connectivity index (χ1) is 9.31. The molecule has 4 heteroatoms. The van der Waals surface area contributed by atoms with E-state index in [-0.39, 0.29) is 0 Å². The summed E-state index contributed by atoms with van der Waals surface area (Å²) in [5, 5.41) is 13.0. The maximum absolute atomic E-state index is 8.98. The van der Waals surface area contributed by atoms with E-state index in [4.69, 9.17) is 10.1 Å². The van der Waals surface area contributed by atoms with Crippen LogP contribution in [0.5, 0.6) is 0 Å². The SMILES string of the molecule is C/C(=N\OCc1ccccc1)c1ncccc1C#N. The Kier molecular flexibility index (Phi) is 4.25. The van der Waals surface area contributed by atoms with Gasteiger partial charge < -0.3 is 4.84 Å². The Morgan fingerprint density at radius 3 is 2.79 bits per heavy atom. The minimum atomic E-state index is 0.396. The Bertz CT molecular complexity index is 615. The highest BCUT2D eigenvalue weighted by molar-refractivity contribution is 5.98. The summed E-state index contributed by atoms with van der Waals surface area (Å²) in [6, 6.07) is 15.3. The molecule has 0 amide bonds. The van der Waals surface area contributed by atoms with Crippen LogP contribution < -0.4 is 0 Å². The van der Waals surface area contributed by atoms with E-state index in [0.717, 1.165) is 5.56 Å². The second-order valence-corrected chi connectivity index (χ2v) is 3.95. The fraction of sp³-hybridized carbons (Fsp3) is 0.133. The van der Waals surface area contributed by atoms with Crippen molar-refractivity contribution in [3.8, 4) is 6.07 Å². The van der Waals surface area contributed by atoms with Gasteiger partial charge in [-0.2, -0.15) is 5.26 Å². The molecule has 0 N–H and O–H groups in total. The molecule has 0 aliphatic heterocycles. The van der Waals surface area contributed by atoms with Gasteiger partial charge in [-0.1, -0.05) is 35.5 Å². The molecule has 4 nitrogen and oxygen atoms in total. The highest BCUT2D eigenvalue weighted by atomic mass is 16.6. The molecule has 0 radical (unpaired) electrons. The molecule has 1 heterocycles. The molecule has 19 heavy (non-hydrogen) atoms. The predicted molar refractivity (Wildman–Crippen MR) is 72.4 cm³/mol. The van der Waals surface area contributed by atoms with Crippen LogP contribution in [0.2, 0.25) is 0 Å². The summed E-state index contributed by atoms with van der Waals surface area (Å²) in [5.74, 6) is 0. The normalized spacial score (nSPS) is 10.8. The lowest BCUT2D eigenvalue weighted by Gasteiger charge is -2.03. The Labute approximate surface area is 112 Å². The highest BCUT2D eigenvalue weighted by Gasteiger charge is 2.06. The van der Waals surface area contributed by atoms with Crippen molar-refractivity contribution in [3.05, 3.63) is 65.5 Å². The first-order valence-electron chi connectivity index (χ1n) is 5.87. The summed E-state index contributed by atoms with van der Waals surface area (Å²) in [7, 11) is 0. The predicted octanol–water partition coefficient (Wildman–Crippen LogP) is 2.89. The molecule has 0 atom stereocenters. The average molecular weight is 251 g/mol. The first kappa shape index (κ1) is 12.8. The molecular weight excluding hydrogens is 238 g/mol. The Morgan fingerprint density at radius 2 is 2.05 bits per heavy atom. The van der Waals surface area contributed by atoms with Crippen molar-refractivity contribution in [2.75, 3.05) is 0 Å². The van der Waals surface area contributed by atoms with Crippen molar-refractivity contribution >= 4 is 5.71 Å². The summed E-state index contributed by atoms with van der Waals surface area (Å²) >= 11 is 0. The summed E-state index contributed by atoms with van der Waals surface area (Å²) in [4.78, 5) is 9.42. The first-order valence-corrected chi connectivity index (χ1v) is 5.87. The van der Waals surface area contributed by atoms with E-state index in [0.29, 0.717) is 23.6 Å². The zero-order chi connectivity index (χ0) is 13.5. The fourth-order valence-electron chi connectivity index (χ4n) is 1.60. The standard InChI is InChI=1S/C15H13N3O/c1-12(15-14(10-16)8-5-9-17-15)18-19-11-13-6-3-2-4-7-13/h2-9H,11H2,1H3/b18-12+. The second kappa shape index (κ2) is 6.31. The zero-order valence-corrected chi connectivity index (χ0v) is 10.6. The molecule has 0 saturated carbocycles. The molecule has 2 aromatic rings. The van der Waals surface area contributed by atoms with Crippen LogP contribution in [-0.4, -0.2) is 10.7 Å². The van der Waals surface area contributed by atoms with Gasteiger partial charge in [0, 0.05) is 6.20 Å². The maximum atomic E-state index is 8.98. The van der Waals surface area contributed by atoms with Gasteiger partial charge >= 0.3 is 0 Å². The molecule has 0 fully saturated rings. The topological polar surface area (TPSA) is 58.3 Å². The summed E-state index contributed by atoms with van der Waals surface area (Å²) in [5.41, 5.74) is 2.68. The molecule has 0 aliphatic rings. The minimum absolute atomic E-state index is 0.396. The van der Waals surface area contributed by atoms with Crippen molar-refractivity contribution in [3.63, 3.8) is 0 Å². The highest BCUT2D eigenvalue weighted by Crippen LogP contribution is 2.06. The lowest BCUT2D eigenvalue weighted by Crippen LogP contribution is -2.03. The van der Waals surface area contributed by atoms with Crippen LogP contribution in [0.1, 0.15) is 23.7 Å². The van der Waals surface area contributed by atoms with E-state index in [9.17, 15) is 0 Å². The molecule has 0 aliphatic carbocycles. The quantitative estimate of drug-likeness (QED) is 0.620. The van der Waals surface area contributed by atoms with E-state index >= 15 is 0 Å². The Hall–Kier alpha value is -2.67. The van der Waals surface area contributed by atoms with Gasteiger partial charge in [-0.3, -0.25) is 4.98 Å². The Balaban J connectivity index is 2.06. The van der Waals surface area contributed by atoms with Gasteiger partial charge in [0.25, 0.3) is 0 Å². The second-order valence-electron chi connectivity index (χ2n) is 3.95. The lowest BCUT2D eigenvalue weighted by molar-refractivity contribution is 0.130. The van der Waals surface area contributed by atoms with Crippen molar-refractivity contribution in [1.29, 1.82) is 5.26 Å². The largest absolute Gasteiger partial charge is 0.391 e. The number of hydrogen-bond acceptors (Lipinski definition) is 4. The molecule has 0 spiro atoms. The molecular formula is C15H13N3O. The number of hydrogen-bond donors (Lipinski definition) is 0. The van der Waals surface area contributed by atoms with Crippen LogP contribution in [0.15, 0.2) is 53.8 Å². The minimum Gasteiger partial charge on any atom is -0.391 e. The van der Waals surface area contributed by atoms with Crippen LogP contribution in [-0.2, 0) is 11.4 Å². The number of rotatable bonds is 4. The molecule has 0 bridgehead atoms. The van der Waals surface area contributed by atoms with Crippen molar-refractivity contribution < 1.29 is 4.84 Å². The van der Waals surface area contributed by atoms with Gasteiger partial charge in [0.1, 0.15) is 24.1 Å². The van der Waals surface area contributed by atoms with Crippen molar-refractivity contribution in [1.82, 2.24) is 4.98 Å². The Morgan fingerprint density at radius 1 is 1.26 bits per heavy atom. The van der Waals surface area contributed by atoms with Gasteiger partial charge in [0.15, 0.2) is 0 Å². The number of benzene rings is 1. The van der Waals surface area contributed by atoms with E-state index in [1.54, 1.807) is 25.3 Å². The van der Waals surface area contributed by atoms with Gasteiger partial charge in [-0.15, -0.1) is 0 Å².